The standard InChI is InChI=1S/C12H19N3O3/c1-3-16-8-9(1)5-11-14-12(18-15-11)6-10-7-13-2-4-17-10/h9-10,13H,1-8H2. The quantitative estimate of drug-likeness (QED) is 0.825. The first-order valence-corrected chi connectivity index (χ1v) is 6.61. The summed E-state index contributed by atoms with van der Waals surface area (Å²) in [6.45, 7) is 4.21. The Morgan fingerprint density at radius 1 is 1.28 bits per heavy atom. The van der Waals surface area contributed by atoms with Crippen LogP contribution < -0.4 is 5.32 Å². The predicted octanol–water partition coefficient (Wildman–Crippen LogP) is 0.180. The Morgan fingerprint density at radius 3 is 3.06 bits per heavy atom. The van der Waals surface area contributed by atoms with Crippen LogP contribution in [0.25, 0.3) is 0 Å². The van der Waals surface area contributed by atoms with Gasteiger partial charge in [0.05, 0.1) is 19.1 Å². The van der Waals surface area contributed by atoms with Gasteiger partial charge < -0.3 is 19.3 Å². The van der Waals surface area contributed by atoms with Gasteiger partial charge in [-0.05, 0) is 12.3 Å². The minimum atomic E-state index is 0.155. The second-order valence-electron chi connectivity index (χ2n) is 4.94. The highest BCUT2D eigenvalue weighted by atomic mass is 16.5. The lowest BCUT2D eigenvalue weighted by atomic mass is 10.1. The molecule has 2 fully saturated rings. The van der Waals surface area contributed by atoms with Crippen LogP contribution in [0.15, 0.2) is 4.52 Å². The molecule has 1 aromatic heterocycles. The van der Waals surface area contributed by atoms with E-state index in [1.54, 1.807) is 0 Å². The molecule has 1 aromatic rings. The molecule has 100 valence electrons. The van der Waals surface area contributed by atoms with Gasteiger partial charge in [-0.25, -0.2) is 0 Å². The molecule has 2 saturated heterocycles. The van der Waals surface area contributed by atoms with Crippen molar-refractivity contribution in [2.45, 2.75) is 25.4 Å². The minimum Gasteiger partial charge on any atom is -0.381 e. The van der Waals surface area contributed by atoms with Crippen molar-refractivity contribution >= 4 is 0 Å². The van der Waals surface area contributed by atoms with E-state index in [0.29, 0.717) is 18.2 Å². The highest BCUT2D eigenvalue weighted by Gasteiger charge is 2.21. The summed E-state index contributed by atoms with van der Waals surface area (Å²) in [5.74, 6) is 2.02. The normalized spacial score (nSPS) is 28.7. The first kappa shape index (κ1) is 12.1. The largest absolute Gasteiger partial charge is 0.381 e. The minimum absolute atomic E-state index is 0.155. The van der Waals surface area contributed by atoms with E-state index in [4.69, 9.17) is 14.0 Å². The van der Waals surface area contributed by atoms with E-state index in [9.17, 15) is 0 Å². The van der Waals surface area contributed by atoms with Crippen molar-refractivity contribution in [3.8, 4) is 0 Å². The van der Waals surface area contributed by atoms with E-state index < -0.39 is 0 Å². The van der Waals surface area contributed by atoms with Gasteiger partial charge in [0.25, 0.3) is 0 Å². The fourth-order valence-electron chi connectivity index (χ4n) is 2.40. The monoisotopic (exact) mass is 253 g/mol. The molecule has 2 unspecified atom stereocenters. The van der Waals surface area contributed by atoms with Gasteiger partial charge in [-0.3, -0.25) is 0 Å². The Labute approximate surface area is 106 Å². The van der Waals surface area contributed by atoms with Crippen molar-refractivity contribution < 1.29 is 14.0 Å². The molecule has 1 N–H and O–H groups in total. The number of rotatable bonds is 4. The SMILES string of the molecule is C1COC(Cc2nc(CC3CCOC3)no2)CN1. The molecule has 2 aliphatic rings. The summed E-state index contributed by atoms with van der Waals surface area (Å²) >= 11 is 0. The zero-order chi connectivity index (χ0) is 12.2. The molecule has 0 saturated carbocycles. The Kier molecular flexibility index (Phi) is 3.87. The number of nitrogens with one attached hydrogen (secondary N) is 1. The maximum atomic E-state index is 5.61. The molecular weight excluding hydrogens is 234 g/mol. The fraction of sp³-hybridized carbons (Fsp3) is 0.833. The molecule has 2 atom stereocenters. The van der Waals surface area contributed by atoms with Crippen LogP contribution in [0.5, 0.6) is 0 Å². The second-order valence-corrected chi connectivity index (χ2v) is 4.94. The molecule has 0 radical (unpaired) electrons. The summed E-state index contributed by atoms with van der Waals surface area (Å²) in [6.07, 6.45) is 2.80. The molecule has 3 heterocycles. The summed E-state index contributed by atoms with van der Waals surface area (Å²) in [4.78, 5) is 4.43. The first-order valence-electron chi connectivity index (χ1n) is 6.61. The Morgan fingerprint density at radius 2 is 2.28 bits per heavy atom. The number of aromatic nitrogens is 2. The highest BCUT2D eigenvalue weighted by molar-refractivity contribution is 4.91. The summed E-state index contributed by atoms with van der Waals surface area (Å²) in [6, 6.07) is 0. The molecule has 18 heavy (non-hydrogen) atoms. The zero-order valence-corrected chi connectivity index (χ0v) is 10.4. The van der Waals surface area contributed by atoms with Crippen LogP contribution in [-0.2, 0) is 22.3 Å². The average Bonchev–Trinajstić information content (AvgIpc) is 3.03. The van der Waals surface area contributed by atoms with Crippen molar-refractivity contribution in [2.75, 3.05) is 32.9 Å². The van der Waals surface area contributed by atoms with E-state index >= 15 is 0 Å². The van der Waals surface area contributed by atoms with Gasteiger partial charge in [0.15, 0.2) is 5.82 Å². The summed E-state index contributed by atoms with van der Waals surface area (Å²) in [7, 11) is 0. The van der Waals surface area contributed by atoms with Crippen molar-refractivity contribution in [1.82, 2.24) is 15.5 Å². The summed E-state index contributed by atoms with van der Waals surface area (Å²) in [5, 5.41) is 7.32. The van der Waals surface area contributed by atoms with Crippen LogP contribution in [0.1, 0.15) is 18.1 Å². The van der Waals surface area contributed by atoms with Crippen molar-refractivity contribution in [1.29, 1.82) is 0 Å². The molecule has 3 rings (SSSR count). The molecule has 0 aromatic carbocycles. The van der Waals surface area contributed by atoms with Crippen LogP contribution >= 0.6 is 0 Å². The lowest BCUT2D eigenvalue weighted by Crippen LogP contribution is -2.39. The number of nitrogens with zero attached hydrogens (tertiary/aromatic N) is 2. The second kappa shape index (κ2) is 5.77. The van der Waals surface area contributed by atoms with Crippen molar-refractivity contribution in [3.63, 3.8) is 0 Å². The van der Waals surface area contributed by atoms with Crippen LogP contribution in [0.4, 0.5) is 0 Å². The topological polar surface area (TPSA) is 69.4 Å². The zero-order valence-electron chi connectivity index (χ0n) is 10.4. The fourth-order valence-corrected chi connectivity index (χ4v) is 2.40. The summed E-state index contributed by atoms with van der Waals surface area (Å²) in [5.41, 5.74) is 0. The number of hydrogen-bond donors (Lipinski definition) is 1. The molecule has 0 amide bonds. The van der Waals surface area contributed by atoms with Crippen LogP contribution in [-0.4, -0.2) is 49.2 Å². The lowest BCUT2D eigenvalue weighted by molar-refractivity contribution is 0.0246. The third-order valence-corrected chi connectivity index (χ3v) is 3.41. The van der Waals surface area contributed by atoms with E-state index in [-0.39, 0.29) is 6.10 Å². The van der Waals surface area contributed by atoms with Gasteiger partial charge in [0.2, 0.25) is 5.89 Å². The van der Waals surface area contributed by atoms with E-state index in [0.717, 1.165) is 51.6 Å². The van der Waals surface area contributed by atoms with E-state index in [1.165, 1.54) is 0 Å². The van der Waals surface area contributed by atoms with Crippen molar-refractivity contribution in [3.05, 3.63) is 11.7 Å². The van der Waals surface area contributed by atoms with Gasteiger partial charge in [-0.15, -0.1) is 0 Å². The molecule has 0 aliphatic carbocycles. The molecule has 0 spiro atoms. The maximum Gasteiger partial charge on any atom is 0.229 e. The van der Waals surface area contributed by atoms with Gasteiger partial charge in [0, 0.05) is 32.7 Å². The number of morpholine rings is 1. The highest BCUT2D eigenvalue weighted by Crippen LogP contribution is 2.17. The maximum absolute atomic E-state index is 5.61. The Balaban J connectivity index is 1.52. The van der Waals surface area contributed by atoms with Gasteiger partial charge in [0.1, 0.15) is 0 Å². The third kappa shape index (κ3) is 3.07. The lowest BCUT2D eigenvalue weighted by Gasteiger charge is -2.21. The first-order chi connectivity index (χ1) is 8.90. The molecule has 6 nitrogen and oxygen atoms in total. The molecule has 6 heteroatoms. The number of ether oxygens (including phenoxy) is 2. The molecular formula is C12H19N3O3. The van der Waals surface area contributed by atoms with Gasteiger partial charge >= 0.3 is 0 Å². The van der Waals surface area contributed by atoms with Crippen molar-refractivity contribution in [2.24, 2.45) is 5.92 Å². The predicted molar refractivity (Wildman–Crippen MR) is 63.2 cm³/mol. The van der Waals surface area contributed by atoms with Crippen LogP contribution in [0.2, 0.25) is 0 Å². The third-order valence-electron chi connectivity index (χ3n) is 3.41. The van der Waals surface area contributed by atoms with Crippen LogP contribution in [0, 0.1) is 5.92 Å². The van der Waals surface area contributed by atoms with Gasteiger partial charge in [-0.1, -0.05) is 5.16 Å². The van der Waals surface area contributed by atoms with E-state index in [2.05, 4.69) is 15.5 Å². The average molecular weight is 253 g/mol. The van der Waals surface area contributed by atoms with Crippen LogP contribution in [0.3, 0.4) is 0 Å². The summed E-state index contributed by atoms with van der Waals surface area (Å²) < 4.78 is 16.2. The number of hydrogen-bond acceptors (Lipinski definition) is 6. The molecule has 0 bridgehead atoms. The Hall–Kier alpha value is -0.980. The van der Waals surface area contributed by atoms with E-state index in [1.807, 2.05) is 0 Å². The Bertz CT molecular complexity index is 370. The molecule has 2 aliphatic heterocycles. The smallest absolute Gasteiger partial charge is 0.229 e. The van der Waals surface area contributed by atoms with Gasteiger partial charge in [-0.2, -0.15) is 4.98 Å².